The molecule has 0 unspecified atom stereocenters. The van der Waals surface area contributed by atoms with Crippen LogP contribution in [-0.2, 0) is 10.0 Å². The zero-order valence-electron chi connectivity index (χ0n) is 14.5. The minimum atomic E-state index is -3.45. The summed E-state index contributed by atoms with van der Waals surface area (Å²) in [5.41, 5.74) is 2.10. The van der Waals surface area contributed by atoms with Crippen molar-refractivity contribution in [2.24, 2.45) is 0 Å². The zero-order chi connectivity index (χ0) is 18.0. The van der Waals surface area contributed by atoms with E-state index in [9.17, 15) is 8.42 Å². The molecule has 0 spiro atoms. The molecule has 2 aromatic rings. The average molecular weight is 379 g/mol. The number of anilines is 1. The highest BCUT2D eigenvalue weighted by Crippen LogP contribution is 2.27. The van der Waals surface area contributed by atoms with E-state index in [1.54, 1.807) is 16.4 Å². The third-order valence-electron chi connectivity index (χ3n) is 4.62. The summed E-state index contributed by atoms with van der Waals surface area (Å²) in [6.07, 6.45) is 0. The van der Waals surface area contributed by atoms with Gasteiger partial charge in [-0.15, -0.1) is 0 Å². The second kappa shape index (κ2) is 7.36. The van der Waals surface area contributed by atoms with Gasteiger partial charge in [0.1, 0.15) is 0 Å². The maximum atomic E-state index is 12.9. The van der Waals surface area contributed by atoms with E-state index >= 15 is 0 Å². The van der Waals surface area contributed by atoms with Gasteiger partial charge in [-0.3, -0.25) is 0 Å². The number of halogens is 1. The van der Waals surface area contributed by atoms with Crippen molar-refractivity contribution >= 4 is 27.3 Å². The van der Waals surface area contributed by atoms with Gasteiger partial charge in [0, 0.05) is 26.2 Å². The Morgan fingerprint density at radius 2 is 1.52 bits per heavy atom. The minimum absolute atomic E-state index is 0.364. The summed E-state index contributed by atoms with van der Waals surface area (Å²) in [5, 5.41) is 0.697. The smallest absolute Gasteiger partial charge is 0.243 e. The summed E-state index contributed by atoms with van der Waals surface area (Å²) < 4.78 is 27.3. The van der Waals surface area contributed by atoms with E-state index in [0.29, 0.717) is 42.0 Å². The number of nitrogens with zero attached hydrogens (tertiary/aromatic N) is 2. The van der Waals surface area contributed by atoms with Crippen molar-refractivity contribution < 1.29 is 8.42 Å². The fraction of sp³-hybridized carbons (Fsp3) is 0.368. The highest BCUT2D eigenvalue weighted by atomic mass is 35.5. The summed E-state index contributed by atoms with van der Waals surface area (Å²) in [4.78, 5) is 2.50. The minimum Gasteiger partial charge on any atom is -0.368 e. The molecule has 0 bridgehead atoms. The van der Waals surface area contributed by atoms with Crippen LogP contribution < -0.4 is 4.90 Å². The van der Waals surface area contributed by atoms with Crippen LogP contribution in [-0.4, -0.2) is 38.9 Å². The largest absolute Gasteiger partial charge is 0.368 e. The van der Waals surface area contributed by atoms with E-state index in [1.807, 2.05) is 36.4 Å². The van der Waals surface area contributed by atoms with Crippen LogP contribution in [0.4, 0.5) is 5.69 Å². The monoisotopic (exact) mass is 378 g/mol. The van der Waals surface area contributed by atoms with Gasteiger partial charge in [-0.05, 0) is 35.7 Å². The summed E-state index contributed by atoms with van der Waals surface area (Å²) in [7, 11) is -3.45. The molecular weight excluding hydrogens is 356 g/mol. The second-order valence-electron chi connectivity index (χ2n) is 6.57. The van der Waals surface area contributed by atoms with Gasteiger partial charge in [0.15, 0.2) is 0 Å². The molecular formula is C19H23ClN2O2S. The number of hydrogen-bond acceptors (Lipinski definition) is 3. The Morgan fingerprint density at radius 3 is 2.08 bits per heavy atom. The third kappa shape index (κ3) is 3.84. The molecule has 0 N–H and O–H groups in total. The molecule has 0 aromatic heterocycles. The van der Waals surface area contributed by atoms with Crippen LogP contribution in [0, 0.1) is 0 Å². The van der Waals surface area contributed by atoms with E-state index in [1.165, 1.54) is 0 Å². The standard InChI is InChI=1S/C19H23ClN2O2S/c1-15(2)16-7-9-17(10-8-16)25(23,24)22-13-11-21(12-14-22)19-6-4-3-5-18(19)20/h3-10,15H,11-14H2,1-2H3. The third-order valence-corrected chi connectivity index (χ3v) is 6.85. The van der Waals surface area contributed by atoms with Crippen molar-refractivity contribution in [3.05, 3.63) is 59.1 Å². The Kier molecular flexibility index (Phi) is 5.37. The molecule has 1 aliphatic heterocycles. The molecule has 0 radical (unpaired) electrons. The SMILES string of the molecule is CC(C)c1ccc(S(=O)(=O)N2CCN(c3ccccc3Cl)CC2)cc1. The van der Waals surface area contributed by atoms with Crippen LogP contribution in [0.5, 0.6) is 0 Å². The summed E-state index contributed by atoms with van der Waals surface area (Å²) in [6.45, 7) is 6.37. The molecule has 0 amide bonds. The van der Waals surface area contributed by atoms with E-state index in [4.69, 9.17) is 11.6 Å². The molecule has 1 fully saturated rings. The molecule has 2 aromatic carbocycles. The van der Waals surface area contributed by atoms with E-state index < -0.39 is 10.0 Å². The molecule has 1 heterocycles. The number of sulfonamides is 1. The second-order valence-corrected chi connectivity index (χ2v) is 8.91. The molecule has 4 nitrogen and oxygen atoms in total. The number of benzene rings is 2. The predicted octanol–water partition coefficient (Wildman–Crippen LogP) is 3.97. The molecule has 25 heavy (non-hydrogen) atoms. The van der Waals surface area contributed by atoms with Crippen molar-refractivity contribution in [1.82, 2.24) is 4.31 Å². The van der Waals surface area contributed by atoms with Crippen LogP contribution in [0.3, 0.4) is 0 Å². The molecule has 1 aliphatic rings. The first-order chi connectivity index (χ1) is 11.9. The highest BCUT2D eigenvalue weighted by Gasteiger charge is 2.29. The van der Waals surface area contributed by atoms with Gasteiger partial charge in [-0.1, -0.05) is 49.7 Å². The fourth-order valence-corrected chi connectivity index (χ4v) is 4.73. The maximum Gasteiger partial charge on any atom is 0.243 e. The lowest BCUT2D eigenvalue weighted by molar-refractivity contribution is 0.385. The molecule has 0 saturated carbocycles. The lowest BCUT2D eigenvalue weighted by Crippen LogP contribution is -2.48. The van der Waals surface area contributed by atoms with Crippen LogP contribution in [0.25, 0.3) is 0 Å². The van der Waals surface area contributed by atoms with Gasteiger partial charge in [0.05, 0.1) is 15.6 Å². The Labute approximate surface area is 155 Å². The van der Waals surface area contributed by atoms with Gasteiger partial charge in [-0.25, -0.2) is 8.42 Å². The maximum absolute atomic E-state index is 12.9. The number of hydrogen-bond donors (Lipinski definition) is 0. The van der Waals surface area contributed by atoms with Crippen molar-refractivity contribution in [1.29, 1.82) is 0 Å². The fourth-order valence-electron chi connectivity index (χ4n) is 3.05. The first-order valence-electron chi connectivity index (χ1n) is 8.49. The van der Waals surface area contributed by atoms with Crippen molar-refractivity contribution in [3.63, 3.8) is 0 Å². The normalized spacial score (nSPS) is 16.4. The zero-order valence-corrected chi connectivity index (χ0v) is 16.1. The lowest BCUT2D eigenvalue weighted by Gasteiger charge is -2.35. The summed E-state index contributed by atoms with van der Waals surface area (Å²) in [5.74, 6) is 0.385. The lowest BCUT2D eigenvalue weighted by atomic mass is 10.0. The van der Waals surface area contributed by atoms with E-state index in [2.05, 4.69) is 18.7 Å². The molecule has 134 valence electrons. The van der Waals surface area contributed by atoms with Gasteiger partial charge < -0.3 is 4.90 Å². The quantitative estimate of drug-likeness (QED) is 0.808. The Balaban J connectivity index is 1.72. The topological polar surface area (TPSA) is 40.6 Å². The highest BCUT2D eigenvalue weighted by molar-refractivity contribution is 7.89. The number of para-hydroxylation sites is 1. The average Bonchev–Trinajstić information content (AvgIpc) is 2.62. The van der Waals surface area contributed by atoms with Gasteiger partial charge in [0.25, 0.3) is 0 Å². The summed E-state index contributed by atoms with van der Waals surface area (Å²) >= 11 is 6.25. The predicted molar refractivity (Wildman–Crippen MR) is 103 cm³/mol. The number of piperazine rings is 1. The van der Waals surface area contributed by atoms with Crippen LogP contribution in [0.1, 0.15) is 25.3 Å². The van der Waals surface area contributed by atoms with Crippen LogP contribution in [0.15, 0.2) is 53.4 Å². The Hall–Kier alpha value is -1.56. The molecule has 6 heteroatoms. The first kappa shape index (κ1) is 18.2. The van der Waals surface area contributed by atoms with E-state index in [-0.39, 0.29) is 0 Å². The Bertz CT molecular complexity index is 827. The van der Waals surface area contributed by atoms with Gasteiger partial charge in [-0.2, -0.15) is 4.31 Å². The van der Waals surface area contributed by atoms with Crippen LogP contribution in [0.2, 0.25) is 5.02 Å². The first-order valence-corrected chi connectivity index (χ1v) is 10.3. The van der Waals surface area contributed by atoms with Crippen molar-refractivity contribution in [2.45, 2.75) is 24.7 Å². The van der Waals surface area contributed by atoms with Gasteiger partial charge >= 0.3 is 0 Å². The molecule has 1 saturated heterocycles. The van der Waals surface area contributed by atoms with E-state index in [0.717, 1.165) is 11.3 Å². The van der Waals surface area contributed by atoms with Crippen molar-refractivity contribution in [3.8, 4) is 0 Å². The number of rotatable bonds is 4. The van der Waals surface area contributed by atoms with Crippen molar-refractivity contribution in [2.75, 3.05) is 31.1 Å². The Morgan fingerprint density at radius 1 is 0.920 bits per heavy atom. The van der Waals surface area contributed by atoms with Gasteiger partial charge in [0.2, 0.25) is 10.0 Å². The molecule has 0 aliphatic carbocycles. The van der Waals surface area contributed by atoms with Crippen LogP contribution >= 0.6 is 11.6 Å². The molecule has 0 atom stereocenters. The molecule has 3 rings (SSSR count). The summed E-state index contributed by atoms with van der Waals surface area (Å²) in [6, 6.07) is 14.9.